The van der Waals surface area contributed by atoms with Crippen molar-refractivity contribution in [3.8, 4) is 5.75 Å². The topological polar surface area (TPSA) is 58.6 Å². The van der Waals surface area contributed by atoms with Gasteiger partial charge in [-0.2, -0.15) is 0 Å². The van der Waals surface area contributed by atoms with Crippen molar-refractivity contribution in [1.29, 1.82) is 0 Å². The van der Waals surface area contributed by atoms with Gasteiger partial charge in [-0.1, -0.05) is 74.0 Å². The van der Waals surface area contributed by atoms with Crippen molar-refractivity contribution >= 4 is 39.3 Å². The molecule has 0 saturated carbocycles. The van der Waals surface area contributed by atoms with Gasteiger partial charge in [-0.3, -0.25) is 9.59 Å². The fraction of sp³-hybridized carbons (Fsp3) is 0.310. The van der Waals surface area contributed by atoms with Crippen molar-refractivity contribution in [3.05, 3.63) is 99.0 Å². The summed E-state index contributed by atoms with van der Waals surface area (Å²) in [7, 11) is 0. The van der Waals surface area contributed by atoms with Crippen LogP contribution in [0.25, 0.3) is 0 Å². The van der Waals surface area contributed by atoms with Gasteiger partial charge < -0.3 is 15.0 Å². The molecule has 0 radical (unpaired) electrons. The molecule has 0 aromatic heterocycles. The van der Waals surface area contributed by atoms with E-state index < -0.39 is 6.04 Å². The lowest BCUT2D eigenvalue weighted by Crippen LogP contribution is -2.51. The van der Waals surface area contributed by atoms with Crippen LogP contribution in [0.4, 0.5) is 0 Å². The average molecular weight is 572 g/mol. The number of nitrogens with zero attached hydrogens (tertiary/aromatic N) is 1. The minimum Gasteiger partial charge on any atom is -0.483 e. The van der Waals surface area contributed by atoms with Crippen LogP contribution in [-0.4, -0.2) is 35.9 Å². The zero-order valence-electron chi connectivity index (χ0n) is 20.8. The van der Waals surface area contributed by atoms with Gasteiger partial charge in [-0.15, -0.1) is 0 Å². The Morgan fingerprint density at radius 2 is 1.69 bits per heavy atom. The first-order valence-corrected chi connectivity index (χ1v) is 13.2. The van der Waals surface area contributed by atoms with E-state index in [0.717, 1.165) is 15.6 Å². The van der Waals surface area contributed by atoms with Crippen LogP contribution in [0.1, 0.15) is 43.4 Å². The highest BCUT2D eigenvalue weighted by molar-refractivity contribution is 9.10. The Labute approximate surface area is 226 Å². The third-order valence-corrected chi connectivity index (χ3v) is 6.73. The lowest BCUT2D eigenvalue weighted by molar-refractivity contribution is -0.142. The zero-order chi connectivity index (χ0) is 26.1. The van der Waals surface area contributed by atoms with Crippen LogP contribution < -0.4 is 10.1 Å². The number of halogens is 2. The summed E-state index contributed by atoms with van der Waals surface area (Å²) in [5.74, 6) is 0.475. The first-order chi connectivity index (χ1) is 17.3. The van der Waals surface area contributed by atoms with Crippen molar-refractivity contribution in [2.75, 3.05) is 13.2 Å². The Balaban J connectivity index is 1.88. The molecule has 36 heavy (non-hydrogen) atoms. The maximum Gasteiger partial charge on any atom is 0.261 e. The molecule has 2 amide bonds. The van der Waals surface area contributed by atoms with Gasteiger partial charge in [-0.05, 0) is 69.7 Å². The second kappa shape index (κ2) is 13.5. The summed E-state index contributed by atoms with van der Waals surface area (Å²) in [6, 6.07) is 22.1. The lowest BCUT2D eigenvalue weighted by atomic mass is 10.0. The SMILES string of the molecule is CCNC(=O)[C@H](Cc1ccccc1)N(Cc1ccc(Cl)cc1)C(=O)COc1ccc(C(C)C)cc1Br. The normalized spacial score (nSPS) is 11.7. The van der Waals surface area contributed by atoms with E-state index in [0.29, 0.717) is 29.7 Å². The molecule has 0 unspecified atom stereocenters. The standard InChI is InChI=1S/C29H32BrClN2O3/c1-4-32-29(35)26(16-21-8-6-5-7-9-21)33(18-22-10-13-24(31)14-11-22)28(34)19-36-27-15-12-23(20(2)3)17-25(27)30/h5-15,17,20,26H,4,16,18-19H2,1-3H3,(H,32,35)/t26-/m0/s1. The predicted molar refractivity (Wildman–Crippen MR) is 148 cm³/mol. The van der Waals surface area contributed by atoms with Gasteiger partial charge in [0.2, 0.25) is 5.91 Å². The third kappa shape index (κ3) is 7.84. The van der Waals surface area contributed by atoms with E-state index in [2.05, 4.69) is 35.1 Å². The molecule has 0 spiro atoms. The van der Waals surface area contributed by atoms with Crippen LogP contribution in [0.5, 0.6) is 5.75 Å². The number of amides is 2. The number of hydrogen-bond acceptors (Lipinski definition) is 3. The van der Waals surface area contributed by atoms with Crippen molar-refractivity contribution in [2.24, 2.45) is 0 Å². The average Bonchev–Trinajstić information content (AvgIpc) is 2.87. The molecule has 1 atom stereocenters. The number of carbonyl (C=O) groups excluding carboxylic acids is 2. The molecular formula is C29H32BrClN2O3. The molecule has 1 N–H and O–H groups in total. The Kier molecular flexibility index (Phi) is 10.4. The Morgan fingerprint density at radius 3 is 2.31 bits per heavy atom. The predicted octanol–water partition coefficient (Wildman–Crippen LogP) is 6.38. The van der Waals surface area contributed by atoms with Gasteiger partial charge in [0.15, 0.2) is 6.61 Å². The molecule has 0 fully saturated rings. The minimum atomic E-state index is -0.703. The van der Waals surface area contributed by atoms with Gasteiger partial charge >= 0.3 is 0 Å². The number of benzene rings is 3. The highest BCUT2D eigenvalue weighted by atomic mass is 79.9. The van der Waals surface area contributed by atoms with E-state index in [4.69, 9.17) is 16.3 Å². The summed E-state index contributed by atoms with van der Waals surface area (Å²) in [4.78, 5) is 28.4. The number of hydrogen-bond donors (Lipinski definition) is 1. The molecule has 3 aromatic rings. The molecule has 0 aliphatic heterocycles. The van der Waals surface area contributed by atoms with Crippen molar-refractivity contribution in [2.45, 2.75) is 45.7 Å². The highest BCUT2D eigenvalue weighted by Crippen LogP contribution is 2.29. The molecule has 190 valence electrons. The molecule has 0 saturated heterocycles. The van der Waals surface area contributed by atoms with E-state index in [1.54, 1.807) is 17.0 Å². The van der Waals surface area contributed by atoms with Crippen LogP contribution in [0.15, 0.2) is 77.3 Å². The minimum absolute atomic E-state index is 0.197. The van der Waals surface area contributed by atoms with Crippen LogP contribution in [0.3, 0.4) is 0 Å². The second-order valence-electron chi connectivity index (χ2n) is 8.88. The van der Waals surface area contributed by atoms with E-state index in [1.807, 2.05) is 67.6 Å². The first-order valence-electron chi connectivity index (χ1n) is 12.1. The van der Waals surface area contributed by atoms with E-state index in [1.165, 1.54) is 5.56 Å². The Morgan fingerprint density at radius 1 is 1.00 bits per heavy atom. The van der Waals surface area contributed by atoms with Gasteiger partial charge in [0.05, 0.1) is 4.47 Å². The molecule has 3 aromatic carbocycles. The summed E-state index contributed by atoms with van der Waals surface area (Å²) in [5, 5.41) is 3.50. The molecule has 7 heteroatoms. The quantitative estimate of drug-likeness (QED) is 0.291. The zero-order valence-corrected chi connectivity index (χ0v) is 23.2. The lowest BCUT2D eigenvalue weighted by Gasteiger charge is -2.31. The van der Waals surface area contributed by atoms with Crippen LogP contribution in [-0.2, 0) is 22.6 Å². The molecule has 5 nitrogen and oxygen atoms in total. The number of nitrogens with one attached hydrogen (secondary N) is 1. The largest absolute Gasteiger partial charge is 0.483 e. The molecular weight excluding hydrogens is 540 g/mol. The fourth-order valence-corrected chi connectivity index (χ4v) is 4.49. The van der Waals surface area contributed by atoms with Gasteiger partial charge in [0.1, 0.15) is 11.8 Å². The maximum absolute atomic E-state index is 13.6. The number of ether oxygens (including phenoxy) is 1. The summed E-state index contributed by atoms with van der Waals surface area (Å²) in [6.45, 7) is 6.63. The summed E-state index contributed by atoms with van der Waals surface area (Å²) in [6.07, 6.45) is 0.388. The van der Waals surface area contributed by atoms with Crippen LogP contribution in [0, 0.1) is 0 Å². The van der Waals surface area contributed by atoms with Crippen molar-refractivity contribution in [1.82, 2.24) is 10.2 Å². The first kappa shape index (κ1) is 27.8. The monoisotopic (exact) mass is 570 g/mol. The third-order valence-electron chi connectivity index (χ3n) is 5.86. The van der Waals surface area contributed by atoms with Gasteiger partial charge in [-0.25, -0.2) is 0 Å². The number of likely N-dealkylation sites (N-methyl/N-ethyl adjacent to an activating group) is 1. The summed E-state index contributed by atoms with van der Waals surface area (Å²) in [5.41, 5.74) is 3.01. The molecule has 0 bridgehead atoms. The second-order valence-corrected chi connectivity index (χ2v) is 10.2. The van der Waals surface area contributed by atoms with Gasteiger partial charge in [0.25, 0.3) is 5.91 Å². The summed E-state index contributed by atoms with van der Waals surface area (Å²) >= 11 is 9.62. The Bertz CT molecular complexity index is 1150. The highest BCUT2D eigenvalue weighted by Gasteiger charge is 2.30. The van der Waals surface area contributed by atoms with E-state index in [-0.39, 0.29) is 25.0 Å². The van der Waals surface area contributed by atoms with E-state index >= 15 is 0 Å². The smallest absolute Gasteiger partial charge is 0.261 e. The number of carbonyl (C=O) groups is 2. The number of rotatable bonds is 11. The molecule has 0 aliphatic carbocycles. The fourth-order valence-electron chi connectivity index (χ4n) is 3.85. The molecule has 0 aliphatic rings. The molecule has 3 rings (SSSR count). The Hall–Kier alpha value is -2.83. The van der Waals surface area contributed by atoms with Crippen molar-refractivity contribution < 1.29 is 14.3 Å². The van der Waals surface area contributed by atoms with Crippen LogP contribution >= 0.6 is 27.5 Å². The van der Waals surface area contributed by atoms with Crippen LogP contribution in [0.2, 0.25) is 5.02 Å². The van der Waals surface area contributed by atoms with Gasteiger partial charge in [0, 0.05) is 24.5 Å². The van der Waals surface area contributed by atoms with E-state index in [9.17, 15) is 9.59 Å². The summed E-state index contributed by atoms with van der Waals surface area (Å²) < 4.78 is 6.71. The van der Waals surface area contributed by atoms with Crippen molar-refractivity contribution in [3.63, 3.8) is 0 Å². The molecule has 0 heterocycles. The maximum atomic E-state index is 13.6.